The maximum absolute atomic E-state index is 12.9. The summed E-state index contributed by atoms with van der Waals surface area (Å²) < 4.78 is 16.5. The summed E-state index contributed by atoms with van der Waals surface area (Å²) in [4.78, 5) is 25.4. The Morgan fingerprint density at radius 2 is 2.07 bits per heavy atom. The Hall–Kier alpha value is -1.98. The van der Waals surface area contributed by atoms with Crippen LogP contribution in [-0.4, -0.2) is 59.0 Å². The van der Waals surface area contributed by atoms with Crippen LogP contribution >= 0.6 is 11.8 Å². The van der Waals surface area contributed by atoms with Gasteiger partial charge in [-0.15, -0.1) is 16.9 Å². The molecule has 1 saturated heterocycles. The van der Waals surface area contributed by atoms with Gasteiger partial charge < -0.3 is 10.2 Å². The fraction of sp³-hybridized carbons (Fsp3) is 0.667. The quantitative estimate of drug-likeness (QED) is 0.553. The predicted octanol–water partition coefficient (Wildman–Crippen LogP) is 0.260. The Kier molecular flexibility index (Phi) is 7.25. The number of rotatable bonds is 9. The molecule has 0 amide bonds. The van der Waals surface area contributed by atoms with E-state index in [0.29, 0.717) is 31.2 Å². The van der Waals surface area contributed by atoms with E-state index in [9.17, 15) is 24.2 Å². The third-order valence-corrected chi connectivity index (χ3v) is 6.57. The van der Waals surface area contributed by atoms with Crippen molar-refractivity contribution in [1.82, 2.24) is 24.1 Å². The van der Waals surface area contributed by atoms with Crippen LogP contribution < -0.4 is 11.2 Å². The number of aliphatic hydroxyl groups is 2. The van der Waals surface area contributed by atoms with Crippen molar-refractivity contribution in [3.05, 3.63) is 44.5 Å². The zero-order chi connectivity index (χ0) is 21.0. The van der Waals surface area contributed by atoms with Gasteiger partial charge in [-0.05, 0) is 26.2 Å². The molecule has 29 heavy (non-hydrogen) atoms. The number of halogens is 1. The normalized spacial score (nSPS) is 21.7. The Bertz CT molecular complexity index is 943. The molecule has 0 bridgehead atoms. The van der Waals surface area contributed by atoms with E-state index in [-0.39, 0.29) is 35.9 Å². The van der Waals surface area contributed by atoms with Crippen molar-refractivity contribution in [2.24, 2.45) is 0 Å². The fourth-order valence-electron chi connectivity index (χ4n) is 3.44. The minimum Gasteiger partial charge on any atom is -0.395 e. The van der Waals surface area contributed by atoms with E-state index in [1.54, 1.807) is 13.1 Å². The Balaban J connectivity index is 1.66. The standard InChI is InChI=1S/C18H26FN5O4S/c1-12-9-24(16-8-14(26)15(11-25)29-16)18(28)23(17(12)27)6-3-2-4-13-10-22(7-5-19)21-20-13/h9-10,14-16,25-26H,2-8,11H2,1H3/t14?,15-,16?/m1/s1/i19-1. The molecule has 160 valence electrons. The lowest BCUT2D eigenvalue weighted by molar-refractivity contribution is 0.137. The lowest BCUT2D eigenvalue weighted by atomic mass is 10.2. The van der Waals surface area contributed by atoms with Crippen molar-refractivity contribution in [2.45, 2.75) is 62.4 Å². The van der Waals surface area contributed by atoms with E-state index in [4.69, 9.17) is 0 Å². The molecule has 0 aromatic carbocycles. The van der Waals surface area contributed by atoms with Crippen LogP contribution in [0.25, 0.3) is 0 Å². The van der Waals surface area contributed by atoms with Crippen LogP contribution in [0.15, 0.2) is 22.0 Å². The summed E-state index contributed by atoms with van der Waals surface area (Å²) in [5, 5.41) is 26.5. The van der Waals surface area contributed by atoms with Crippen molar-refractivity contribution in [1.29, 1.82) is 0 Å². The van der Waals surface area contributed by atoms with Gasteiger partial charge in [0, 0.05) is 30.9 Å². The maximum Gasteiger partial charge on any atom is 0.331 e. The monoisotopic (exact) mass is 426 g/mol. The van der Waals surface area contributed by atoms with Gasteiger partial charge in [0.05, 0.1) is 35.6 Å². The first-order chi connectivity index (χ1) is 13.9. The second-order valence-corrected chi connectivity index (χ2v) is 8.61. The first-order valence-electron chi connectivity index (χ1n) is 9.66. The first kappa shape index (κ1) is 21.7. The van der Waals surface area contributed by atoms with Crippen molar-refractivity contribution < 1.29 is 14.6 Å². The number of hydrogen-bond acceptors (Lipinski definition) is 7. The number of aliphatic hydroxyl groups excluding tert-OH is 2. The molecule has 2 aromatic heterocycles. The van der Waals surface area contributed by atoms with Gasteiger partial charge in [0.25, 0.3) is 5.56 Å². The van der Waals surface area contributed by atoms with Crippen LogP contribution in [0.5, 0.6) is 0 Å². The van der Waals surface area contributed by atoms with Gasteiger partial charge in [-0.25, -0.2) is 13.9 Å². The minimum atomic E-state index is -0.687. The first-order valence-corrected chi connectivity index (χ1v) is 10.6. The van der Waals surface area contributed by atoms with Crippen LogP contribution in [-0.2, 0) is 19.5 Å². The molecule has 0 saturated carbocycles. The van der Waals surface area contributed by atoms with E-state index in [2.05, 4.69) is 10.3 Å². The molecule has 9 nitrogen and oxygen atoms in total. The largest absolute Gasteiger partial charge is 0.395 e. The van der Waals surface area contributed by atoms with Gasteiger partial charge in [0.15, 0.2) is 0 Å². The SMILES string of the molecule is Cc1cn(C2CC(O)[C@@H](CO)S2)c(=O)n(CCCCc2cn(CC[18F])nn2)c1=O. The molecule has 0 radical (unpaired) electrons. The molecule has 11 heteroatoms. The summed E-state index contributed by atoms with van der Waals surface area (Å²) in [5.41, 5.74) is 0.486. The number of hydrogen-bond donors (Lipinski definition) is 2. The molecule has 3 heterocycles. The molecule has 3 rings (SSSR count). The second-order valence-electron chi connectivity index (χ2n) is 7.19. The molecule has 0 spiro atoms. The van der Waals surface area contributed by atoms with Crippen LogP contribution in [0.2, 0.25) is 0 Å². The molecule has 2 aromatic rings. The predicted molar refractivity (Wildman–Crippen MR) is 107 cm³/mol. The van der Waals surface area contributed by atoms with E-state index in [0.717, 1.165) is 5.69 Å². The summed E-state index contributed by atoms with van der Waals surface area (Å²) in [6, 6.07) is 0. The Labute approximate surface area is 171 Å². The third kappa shape index (κ3) is 4.96. The van der Waals surface area contributed by atoms with Crippen molar-refractivity contribution >= 4 is 11.8 Å². The lowest BCUT2D eigenvalue weighted by Gasteiger charge is -2.16. The van der Waals surface area contributed by atoms with Crippen LogP contribution in [0, 0.1) is 6.92 Å². The minimum absolute atomic E-state index is 0.161. The highest BCUT2D eigenvalue weighted by Gasteiger charge is 2.35. The number of thioether (sulfide) groups is 1. The van der Waals surface area contributed by atoms with E-state index in [1.807, 2.05) is 0 Å². The van der Waals surface area contributed by atoms with Crippen LogP contribution in [0.1, 0.15) is 35.9 Å². The molecule has 3 atom stereocenters. The van der Waals surface area contributed by atoms with Gasteiger partial charge in [0.2, 0.25) is 0 Å². The highest BCUT2D eigenvalue weighted by Crippen LogP contribution is 2.40. The second kappa shape index (κ2) is 9.68. The summed E-state index contributed by atoms with van der Waals surface area (Å²) in [6.45, 7) is 1.46. The summed E-state index contributed by atoms with van der Waals surface area (Å²) in [7, 11) is 0. The molecule has 0 aliphatic carbocycles. The Morgan fingerprint density at radius 1 is 1.28 bits per heavy atom. The van der Waals surface area contributed by atoms with Gasteiger partial charge in [-0.3, -0.25) is 13.9 Å². The van der Waals surface area contributed by atoms with Crippen molar-refractivity contribution in [2.75, 3.05) is 13.3 Å². The number of unbranched alkanes of at least 4 members (excludes halogenated alkanes) is 1. The fourth-order valence-corrected chi connectivity index (χ4v) is 4.81. The van der Waals surface area contributed by atoms with Gasteiger partial charge in [0.1, 0.15) is 6.67 Å². The topological polar surface area (TPSA) is 115 Å². The zero-order valence-electron chi connectivity index (χ0n) is 16.3. The molecule has 1 aliphatic heterocycles. The van der Waals surface area contributed by atoms with Gasteiger partial charge in [-0.1, -0.05) is 5.21 Å². The smallest absolute Gasteiger partial charge is 0.331 e. The third-order valence-electron chi connectivity index (χ3n) is 5.03. The molecule has 2 unspecified atom stereocenters. The molecule has 1 fully saturated rings. The average Bonchev–Trinajstić information content (AvgIpc) is 3.30. The summed E-state index contributed by atoms with van der Waals surface area (Å²) in [5.74, 6) is 0. The van der Waals surface area contributed by atoms with Crippen LogP contribution in [0.4, 0.5) is 4.39 Å². The summed E-state index contributed by atoms with van der Waals surface area (Å²) >= 11 is 1.34. The van der Waals surface area contributed by atoms with Gasteiger partial charge in [-0.2, -0.15) is 0 Å². The molecule has 1 aliphatic rings. The molecular formula is C18H26FN5O4S. The number of nitrogens with zero attached hydrogens (tertiary/aromatic N) is 5. The number of aryl methyl sites for hydroxylation is 3. The van der Waals surface area contributed by atoms with Crippen molar-refractivity contribution in [3.63, 3.8) is 0 Å². The average molecular weight is 427 g/mol. The highest BCUT2D eigenvalue weighted by atomic mass is 32.2. The highest BCUT2D eigenvalue weighted by molar-refractivity contribution is 8.00. The van der Waals surface area contributed by atoms with E-state index in [1.165, 1.54) is 31.8 Å². The summed E-state index contributed by atoms with van der Waals surface area (Å²) in [6.07, 6.45) is 4.84. The molecular weight excluding hydrogens is 400 g/mol. The maximum atomic E-state index is 12.9. The van der Waals surface area contributed by atoms with Crippen LogP contribution in [0.3, 0.4) is 0 Å². The Morgan fingerprint density at radius 3 is 2.76 bits per heavy atom. The van der Waals surface area contributed by atoms with E-state index >= 15 is 0 Å². The number of alkyl halides is 1. The molecule has 2 N–H and O–H groups in total. The lowest BCUT2D eigenvalue weighted by Crippen LogP contribution is -2.41. The van der Waals surface area contributed by atoms with Crippen molar-refractivity contribution in [3.8, 4) is 0 Å². The van der Waals surface area contributed by atoms with E-state index < -0.39 is 18.5 Å². The number of aromatic nitrogens is 5. The van der Waals surface area contributed by atoms with Gasteiger partial charge >= 0.3 is 5.69 Å². The zero-order valence-corrected chi connectivity index (χ0v) is 17.1.